The van der Waals surface area contributed by atoms with E-state index in [9.17, 15) is 19.5 Å². The summed E-state index contributed by atoms with van der Waals surface area (Å²) in [5.74, 6) is -1.93. The molecule has 1 aromatic rings. The minimum absolute atomic E-state index is 0.0720. The van der Waals surface area contributed by atoms with Crippen molar-refractivity contribution < 1.29 is 24.3 Å². The first kappa shape index (κ1) is 18.2. The molecule has 0 spiro atoms. The fourth-order valence-electron chi connectivity index (χ4n) is 1.70. The number of rotatable bonds is 6. The zero-order valence-electron chi connectivity index (χ0n) is 13.1. The Labute approximate surface area is 134 Å². The maximum Gasteiger partial charge on any atom is 0.358 e. The Morgan fingerprint density at radius 3 is 2.39 bits per heavy atom. The largest absolute Gasteiger partial charge is 0.480 e. The van der Waals surface area contributed by atoms with E-state index >= 15 is 0 Å². The van der Waals surface area contributed by atoms with Gasteiger partial charge in [-0.05, 0) is 19.4 Å². The molecule has 0 radical (unpaired) electrons. The molecule has 0 fully saturated rings. The van der Waals surface area contributed by atoms with Crippen LogP contribution in [0.4, 0.5) is 4.79 Å². The fourth-order valence-corrected chi connectivity index (χ4v) is 1.70. The monoisotopic (exact) mass is 320 g/mol. The molecule has 7 nitrogen and oxygen atoms in total. The Hall–Kier alpha value is -2.83. The highest BCUT2D eigenvalue weighted by Gasteiger charge is 2.25. The molecule has 0 saturated carbocycles. The third kappa shape index (κ3) is 5.82. The second-order valence-electron chi connectivity index (χ2n) is 4.88. The smallest absolute Gasteiger partial charge is 0.358 e. The number of urea groups is 1. The molecule has 0 aliphatic rings. The number of carbonyl (C=O) groups is 3. The van der Waals surface area contributed by atoms with Gasteiger partial charge < -0.3 is 15.3 Å². The number of hydrogen-bond donors (Lipinski definition) is 2. The lowest BCUT2D eigenvalue weighted by Crippen LogP contribution is -2.49. The van der Waals surface area contributed by atoms with Crippen LogP contribution in [0, 0.1) is 0 Å². The summed E-state index contributed by atoms with van der Waals surface area (Å²) in [5.41, 5.74) is 0.900. The lowest BCUT2D eigenvalue weighted by molar-refractivity contribution is -0.171. The summed E-state index contributed by atoms with van der Waals surface area (Å²) in [6, 6.07) is 6.97. The number of hydrogen-bond acceptors (Lipinski definition) is 4. The van der Waals surface area contributed by atoms with Crippen molar-refractivity contribution in [3.63, 3.8) is 0 Å². The van der Waals surface area contributed by atoms with Crippen LogP contribution in [0.2, 0.25) is 0 Å². The van der Waals surface area contributed by atoms with E-state index in [1.54, 1.807) is 31.2 Å². The van der Waals surface area contributed by atoms with Crippen LogP contribution in [0.1, 0.15) is 19.4 Å². The van der Waals surface area contributed by atoms with Crippen molar-refractivity contribution in [3.05, 3.63) is 48.0 Å². The molecular weight excluding hydrogens is 300 g/mol. The van der Waals surface area contributed by atoms with Gasteiger partial charge in [0.25, 0.3) is 0 Å². The van der Waals surface area contributed by atoms with Crippen molar-refractivity contribution in [2.45, 2.75) is 26.3 Å². The Balaban J connectivity index is 2.74. The van der Waals surface area contributed by atoms with E-state index in [0.717, 1.165) is 10.6 Å². The second-order valence-corrected chi connectivity index (χ2v) is 4.88. The molecule has 0 aliphatic carbocycles. The third-order valence-electron chi connectivity index (χ3n) is 2.93. The summed E-state index contributed by atoms with van der Waals surface area (Å²) in [7, 11) is 0. The van der Waals surface area contributed by atoms with Crippen molar-refractivity contribution in [2.75, 3.05) is 6.54 Å². The molecule has 0 saturated heterocycles. The Morgan fingerprint density at radius 2 is 1.91 bits per heavy atom. The number of nitrogens with one attached hydrogen (secondary N) is 1. The van der Waals surface area contributed by atoms with Crippen LogP contribution in [0.5, 0.6) is 0 Å². The molecule has 1 rings (SSSR count). The molecule has 1 unspecified atom stereocenters. The summed E-state index contributed by atoms with van der Waals surface area (Å²) >= 11 is 0. The van der Waals surface area contributed by atoms with Crippen LogP contribution < -0.4 is 5.32 Å². The van der Waals surface area contributed by atoms with Crippen molar-refractivity contribution in [3.8, 4) is 0 Å². The lowest BCUT2D eigenvalue weighted by atomic mass is 10.1. The first-order chi connectivity index (χ1) is 10.8. The van der Waals surface area contributed by atoms with Crippen LogP contribution >= 0.6 is 0 Å². The maximum absolute atomic E-state index is 12.1. The molecule has 1 atom stereocenters. The number of hydroxylamine groups is 2. The van der Waals surface area contributed by atoms with E-state index in [0.29, 0.717) is 0 Å². The second kappa shape index (κ2) is 8.57. The number of carbonyl (C=O) groups excluding carboxylic acids is 2. The minimum atomic E-state index is -1.18. The quantitative estimate of drug-likeness (QED) is 0.615. The van der Waals surface area contributed by atoms with Gasteiger partial charge in [-0.15, -0.1) is 0 Å². The SMILES string of the molecule is C=C(C)C(=O)ON(CC)C(=O)NC(Cc1ccccc1)C(=O)O. The Morgan fingerprint density at radius 1 is 1.30 bits per heavy atom. The lowest BCUT2D eigenvalue weighted by Gasteiger charge is -2.22. The normalized spacial score (nSPS) is 11.2. The molecule has 0 aliphatic heterocycles. The number of carboxylic acid groups (broad SMARTS) is 1. The van der Waals surface area contributed by atoms with E-state index in [-0.39, 0.29) is 18.5 Å². The Kier molecular flexibility index (Phi) is 6.79. The molecular formula is C16H20N2O5. The molecule has 2 amide bonds. The molecule has 0 bridgehead atoms. The molecule has 0 heterocycles. The van der Waals surface area contributed by atoms with Crippen molar-refractivity contribution in [1.82, 2.24) is 10.4 Å². The highest BCUT2D eigenvalue weighted by Crippen LogP contribution is 2.05. The summed E-state index contributed by atoms with van der Waals surface area (Å²) in [6.07, 6.45) is 0.119. The van der Waals surface area contributed by atoms with E-state index in [4.69, 9.17) is 4.84 Å². The van der Waals surface area contributed by atoms with Crippen LogP contribution in [0.3, 0.4) is 0 Å². The average molecular weight is 320 g/mol. The highest BCUT2D eigenvalue weighted by molar-refractivity contribution is 5.88. The number of nitrogens with zero attached hydrogens (tertiary/aromatic N) is 1. The zero-order valence-corrected chi connectivity index (χ0v) is 13.1. The first-order valence-electron chi connectivity index (χ1n) is 7.07. The van der Waals surface area contributed by atoms with Crippen molar-refractivity contribution in [2.24, 2.45) is 0 Å². The summed E-state index contributed by atoms with van der Waals surface area (Å²) in [5, 5.41) is 12.4. The van der Waals surface area contributed by atoms with Gasteiger partial charge in [0.2, 0.25) is 0 Å². The molecule has 124 valence electrons. The number of amides is 2. The van der Waals surface area contributed by atoms with Gasteiger partial charge in [-0.1, -0.05) is 36.9 Å². The Bertz CT molecular complexity index is 585. The van der Waals surface area contributed by atoms with Gasteiger partial charge in [-0.3, -0.25) is 0 Å². The van der Waals surface area contributed by atoms with Crippen LogP contribution in [-0.4, -0.2) is 40.7 Å². The fraction of sp³-hybridized carbons (Fsp3) is 0.312. The van der Waals surface area contributed by atoms with Gasteiger partial charge in [0.1, 0.15) is 6.04 Å². The number of carboxylic acids is 1. The number of aliphatic carboxylic acids is 1. The summed E-state index contributed by atoms with van der Waals surface area (Å²) in [4.78, 5) is 39.7. The predicted molar refractivity (Wildman–Crippen MR) is 83.4 cm³/mol. The molecule has 0 aromatic heterocycles. The third-order valence-corrected chi connectivity index (χ3v) is 2.93. The van der Waals surface area contributed by atoms with Gasteiger partial charge >= 0.3 is 18.0 Å². The van der Waals surface area contributed by atoms with E-state index in [1.807, 2.05) is 6.07 Å². The standard InChI is InChI=1S/C16H20N2O5/c1-4-18(23-15(21)11(2)3)16(22)17-13(14(19)20)10-12-8-6-5-7-9-12/h5-9,13H,2,4,10H2,1,3H3,(H,17,22)(H,19,20). The van der Waals surface area contributed by atoms with Crippen molar-refractivity contribution >= 4 is 18.0 Å². The van der Waals surface area contributed by atoms with E-state index in [1.165, 1.54) is 6.92 Å². The molecule has 23 heavy (non-hydrogen) atoms. The average Bonchev–Trinajstić information content (AvgIpc) is 2.52. The molecule has 1 aromatic carbocycles. The summed E-state index contributed by atoms with van der Waals surface area (Å²) < 4.78 is 0. The molecule has 7 heteroatoms. The van der Waals surface area contributed by atoms with Gasteiger partial charge in [0.15, 0.2) is 0 Å². The highest BCUT2D eigenvalue weighted by atomic mass is 16.7. The van der Waals surface area contributed by atoms with Gasteiger partial charge in [0.05, 0.1) is 6.54 Å². The number of benzene rings is 1. The van der Waals surface area contributed by atoms with Crippen LogP contribution in [0.25, 0.3) is 0 Å². The van der Waals surface area contributed by atoms with E-state index in [2.05, 4.69) is 11.9 Å². The predicted octanol–water partition coefficient (Wildman–Crippen LogP) is 1.75. The van der Waals surface area contributed by atoms with Gasteiger partial charge in [0, 0.05) is 12.0 Å². The van der Waals surface area contributed by atoms with Crippen molar-refractivity contribution in [1.29, 1.82) is 0 Å². The van der Waals surface area contributed by atoms with E-state index < -0.39 is 24.0 Å². The first-order valence-corrected chi connectivity index (χ1v) is 7.07. The zero-order chi connectivity index (χ0) is 17.4. The van der Waals surface area contributed by atoms with Crippen LogP contribution in [-0.2, 0) is 20.8 Å². The topological polar surface area (TPSA) is 95.9 Å². The summed E-state index contributed by atoms with van der Waals surface area (Å²) in [6.45, 7) is 6.54. The van der Waals surface area contributed by atoms with Gasteiger partial charge in [-0.25, -0.2) is 14.4 Å². The van der Waals surface area contributed by atoms with Crippen LogP contribution in [0.15, 0.2) is 42.5 Å². The minimum Gasteiger partial charge on any atom is -0.480 e. The maximum atomic E-state index is 12.1. The van der Waals surface area contributed by atoms with Gasteiger partial charge in [-0.2, -0.15) is 5.06 Å². The molecule has 2 N–H and O–H groups in total.